The maximum atomic E-state index is 13.9. The summed E-state index contributed by atoms with van der Waals surface area (Å²) in [5, 5.41) is 29.8. The first-order chi connectivity index (χ1) is 19.6. The molecule has 218 valence electrons. The first-order valence-electron chi connectivity index (χ1n) is 12.5. The Balaban J connectivity index is 1.15. The number of aliphatic hydroxyl groups is 3. The standard InChI is InChI=1S/C21H25N10O9P/c22-14-10-15(25-4-24-14)30(5-26-10)18-13(34)12(33)9(39-18)3-38-41(36,37)21-1-7(21)8(2-32)40-19(21)31-6-27-11-16(31)28-20(23)29-17(11)35/h4-9,12-13,18-19,32-34H,1-3H2,(H,36,37)(H2,22,24,25)(H3,23,28,29,35)/t7-,8+,9+,12+,13+,18+,19+,21-/m0/s1. The van der Waals surface area contributed by atoms with Gasteiger partial charge in [0.25, 0.3) is 5.56 Å². The number of aliphatic hydroxyl groups excluding tert-OH is 3. The number of anilines is 2. The molecule has 20 heteroatoms. The fraction of sp³-hybridized carbons (Fsp3) is 0.524. The van der Waals surface area contributed by atoms with Crippen LogP contribution >= 0.6 is 7.60 Å². The van der Waals surface area contributed by atoms with Crippen molar-refractivity contribution < 1.29 is 38.8 Å². The molecule has 0 bridgehead atoms. The highest BCUT2D eigenvalue weighted by Gasteiger charge is 2.78. The first-order valence-corrected chi connectivity index (χ1v) is 14.1. The van der Waals surface area contributed by atoms with Gasteiger partial charge in [-0.15, -0.1) is 0 Å². The van der Waals surface area contributed by atoms with Crippen LogP contribution in [0.25, 0.3) is 22.3 Å². The smallest absolute Gasteiger partial charge is 0.339 e. The summed E-state index contributed by atoms with van der Waals surface area (Å²) >= 11 is 0. The predicted octanol–water partition coefficient (Wildman–Crippen LogP) is -2.41. The van der Waals surface area contributed by atoms with Crippen LogP contribution in [-0.2, 0) is 18.6 Å². The van der Waals surface area contributed by atoms with Crippen molar-refractivity contribution in [2.24, 2.45) is 5.92 Å². The molecule has 7 rings (SSSR count). The van der Waals surface area contributed by atoms with Crippen molar-refractivity contribution in [3.8, 4) is 0 Å². The highest BCUT2D eigenvalue weighted by atomic mass is 31.2. The van der Waals surface area contributed by atoms with E-state index < -0.39 is 74.3 Å². The molecule has 1 unspecified atom stereocenters. The summed E-state index contributed by atoms with van der Waals surface area (Å²) in [6.07, 6.45) is -3.40. The Labute approximate surface area is 228 Å². The summed E-state index contributed by atoms with van der Waals surface area (Å²) in [5.41, 5.74) is 11.4. The summed E-state index contributed by atoms with van der Waals surface area (Å²) < 4.78 is 33.9. The van der Waals surface area contributed by atoms with Crippen LogP contribution in [-0.4, -0.2) is 102 Å². The van der Waals surface area contributed by atoms with Crippen LogP contribution < -0.4 is 17.0 Å². The van der Waals surface area contributed by atoms with Gasteiger partial charge in [0, 0.05) is 5.92 Å². The highest BCUT2D eigenvalue weighted by molar-refractivity contribution is 7.55. The Morgan fingerprint density at radius 3 is 2.61 bits per heavy atom. The van der Waals surface area contributed by atoms with Crippen molar-refractivity contribution in [1.82, 2.24) is 39.0 Å². The van der Waals surface area contributed by atoms with Crippen LogP contribution in [0.2, 0.25) is 0 Å². The van der Waals surface area contributed by atoms with Crippen LogP contribution in [0.3, 0.4) is 0 Å². The fourth-order valence-corrected chi connectivity index (χ4v) is 7.98. The van der Waals surface area contributed by atoms with Gasteiger partial charge < -0.3 is 45.7 Å². The second kappa shape index (κ2) is 8.97. The number of aromatic nitrogens is 8. The van der Waals surface area contributed by atoms with E-state index in [1.807, 2.05) is 0 Å². The van der Waals surface area contributed by atoms with Crippen LogP contribution in [0.5, 0.6) is 0 Å². The number of aromatic amines is 1. The third-order valence-corrected chi connectivity index (χ3v) is 10.3. The Kier molecular flexibility index (Phi) is 5.77. The number of fused-ring (bicyclic) bond motifs is 3. The summed E-state index contributed by atoms with van der Waals surface area (Å²) in [4.78, 5) is 46.2. The molecule has 0 aromatic carbocycles. The zero-order valence-electron chi connectivity index (χ0n) is 21.0. The lowest BCUT2D eigenvalue weighted by molar-refractivity contribution is -0.0540. The van der Waals surface area contributed by atoms with E-state index in [4.69, 9.17) is 25.5 Å². The van der Waals surface area contributed by atoms with Crippen LogP contribution in [0, 0.1) is 5.92 Å². The SMILES string of the molecule is Nc1nc2c(ncn2[C@@H]2O[C@H](CO)[C@@H]3C[C@]32P(=O)(O)OC[C@H]2O[C@@H](n3cnc4c(N)ncnc43)[C@H](O)[C@@H]2O)c(=O)[nH]1. The van der Waals surface area contributed by atoms with Gasteiger partial charge in [-0.25, -0.2) is 19.9 Å². The van der Waals surface area contributed by atoms with Gasteiger partial charge in [-0.1, -0.05) is 0 Å². The van der Waals surface area contributed by atoms with Crippen molar-refractivity contribution in [2.75, 3.05) is 24.7 Å². The lowest BCUT2D eigenvalue weighted by Gasteiger charge is -2.29. The molecule has 2 saturated heterocycles. The van der Waals surface area contributed by atoms with Gasteiger partial charge in [0.15, 0.2) is 35.1 Å². The number of nitrogens with two attached hydrogens (primary N) is 2. The molecule has 1 saturated carbocycles. The molecule has 0 radical (unpaired) electrons. The van der Waals surface area contributed by atoms with Gasteiger partial charge >= 0.3 is 7.60 Å². The molecule has 9 atom stereocenters. The second-order valence-corrected chi connectivity index (χ2v) is 12.4. The topological polar surface area (TPSA) is 285 Å². The third kappa shape index (κ3) is 3.68. The molecule has 0 amide bonds. The molecule has 1 aliphatic carbocycles. The molecule has 3 fully saturated rings. The first kappa shape index (κ1) is 26.4. The number of nitrogen functional groups attached to an aromatic ring is 2. The average Bonchev–Trinajstić information content (AvgIpc) is 3.22. The van der Waals surface area contributed by atoms with Crippen molar-refractivity contribution in [3.05, 3.63) is 29.3 Å². The lowest BCUT2D eigenvalue weighted by Crippen LogP contribution is -2.34. The third-order valence-electron chi connectivity index (χ3n) is 8.03. The molecule has 0 spiro atoms. The van der Waals surface area contributed by atoms with E-state index in [0.29, 0.717) is 0 Å². The number of H-pyrrole nitrogens is 1. The zero-order valence-corrected chi connectivity index (χ0v) is 21.9. The minimum absolute atomic E-state index is 0.0254. The van der Waals surface area contributed by atoms with E-state index in [2.05, 4.69) is 29.9 Å². The molecule has 6 heterocycles. The quantitative estimate of drug-likeness (QED) is 0.110. The molecule has 9 N–H and O–H groups in total. The van der Waals surface area contributed by atoms with E-state index in [-0.39, 0.29) is 40.5 Å². The molecule has 41 heavy (non-hydrogen) atoms. The number of hydrogen-bond acceptors (Lipinski definition) is 15. The highest BCUT2D eigenvalue weighted by Crippen LogP contribution is 2.79. The molecular formula is C21H25N10O9P. The molecular weight excluding hydrogens is 567 g/mol. The van der Waals surface area contributed by atoms with Crippen molar-refractivity contribution in [3.63, 3.8) is 0 Å². The van der Waals surface area contributed by atoms with Gasteiger partial charge in [0.05, 0.1) is 32.0 Å². The molecule has 4 aromatic heterocycles. The summed E-state index contributed by atoms with van der Waals surface area (Å²) in [6, 6.07) is 0. The Bertz CT molecular complexity index is 1780. The van der Waals surface area contributed by atoms with Gasteiger partial charge in [-0.2, -0.15) is 4.98 Å². The van der Waals surface area contributed by atoms with Gasteiger partial charge in [-0.3, -0.25) is 23.5 Å². The minimum atomic E-state index is -4.61. The largest absolute Gasteiger partial charge is 0.394 e. The van der Waals surface area contributed by atoms with Gasteiger partial charge in [0.2, 0.25) is 5.95 Å². The number of imidazole rings is 2. The van der Waals surface area contributed by atoms with Gasteiger partial charge in [0.1, 0.15) is 35.3 Å². The summed E-state index contributed by atoms with van der Waals surface area (Å²) in [6.45, 7) is -1.01. The van der Waals surface area contributed by atoms with Crippen molar-refractivity contribution >= 4 is 41.7 Å². The number of hydrogen-bond donors (Lipinski definition) is 7. The number of ether oxygens (including phenoxy) is 2. The van der Waals surface area contributed by atoms with E-state index in [0.717, 1.165) is 0 Å². The average molecular weight is 592 g/mol. The Morgan fingerprint density at radius 1 is 1.07 bits per heavy atom. The van der Waals surface area contributed by atoms with Crippen LogP contribution in [0.15, 0.2) is 23.8 Å². The van der Waals surface area contributed by atoms with Gasteiger partial charge in [-0.05, 0) is 6.42 Å². The normalized spacial score (nSPS) is 34.3. The van der Waals surface area contributed by atoms with E-state index in [1.54, 1.807) is 0 Å². The number of nitrogens with one attached hydrogen (secondary N) is 1. The molecule has 19 nitrogen and oxygen atoms in total. The summed E-state index contributed by atoms with van der Waals surface area (Å²) in [5.74, 6) is -0.643. The molecule has 4 aromatic rings. The van der Waals surface area contributed by atoms with E-state index in [1.165, 1.54) is 28.1 Å². The van der Waals surface area contributed by atoms with E-state index in [9.17, 15) is 29.6 Å². The molecule has 2 aliphatic heterocycles. The second-order valence-electron chi connectivity index (χ2n) is 10.2. The fourth-order valence-electron chi connectivity index (χ4n) is 5.91. The molecule has 3 aliphatic rings. The van der Waals surface area contributed by atoms with E-state index >= 15 is 0 Å². The predicted molar refractivity (Wildman–Crippen MR) is 136 cm³/mol. The summed E-state index contributed by atoms with van der Waals surface area (Å²) in [7, 11) is -4.61. The zero-order chi connectivity index (χ0) is 28.8. The van der Waals surface area contributed by atoms with Crippen molar-refractivity contribution in [2.45, 2.75) is 48.4 Å². The Morgan fingerprint density at radius 2 is 1.83 bits per heavy atom. The Hall–Kier alpha value is -3.55. The van der Waals surface area contributed by atoms with Crippen molar-refractivity contribution in [1.29, 1.82) is 0 Å². The van der Waals surface area contributed by atoms with Crippen LogP contribution in [0.1, 0.15) is 18.9 Å². The minimum Gasteiger partial charge on any atom is -0.394 e. The number of nitrogens with zero attached hydrogens (tertiary/aromatic N) is 7. The monoisotopic (exact) mass is 592 g/mol. The maximum absolute atomic E-state index is 13.9. The number of rotatable bonds is 7. The van der Waals surface area contributed by atoms with Crippen LogP contribution in [0.4, 0.5) is 11.8 Å². The maximum Gasteiger partial charge on any atom is 0.339 e. The lowest BCUT2D eigenvalue weighted by atomic mass is 10.1.